The monoisotopic (exact) mass is 280 g/mol. The number of imidazole rings is 1. The predicted octanol–water partition coefficient (Wildman–Crippen LogP) is 2.23. The third-order valence-corrected chi connectivity index (χ3v) is 2.96. The summed E-state index contributed by atoms with van der Waals surface area (Å²) in [5.74, 6) is 1.94. The van der Waals surface area contributed by atoms with Gasteiger partial charge < -0.3 is 9.88 Å². The number of anilines is 1. The van der Waals surface area contributed by atoms with Crippen molar-refractivity contribution in [1.29, 1.82) is 0 Å². The summed E-state index contributed by atoms with van der Waals surface area (Å²) in [5, 5.41) is 3.27. The average Bonchev–Trinajstić information content (AvgIpc) is 2.67. The second kappa shape index (κ2) is 5.12. The molecule has 0 fully saturated rings. The molecule has 4 nitrogen and oxygen atoms in total. The van der Waals surface area contributed by atoms with Crippen LogP contribution in [-0.4, -0.2) is 21.1 Å². The summed E-state index contributed by atoms with van der Waals surface area (Å²) in [6.07, 6.45) is 6.42. The van der Waals surface area contributed by atoms with Crippen molar-refractivity contribution in [2.45, 2.75) is 6.42 Å². The highest BCUT2D eigenvalue weighted by atomic mass is 79.9. The minimum absolute atomic E-state index is 0.820. The van der Waals surface area contributed by atoms with Gasteiger partial charge >= 0.3 is 0 Å². The standard InChI is InChI=1S/C11H13BrN4/c1-16-8-7-13-10(16)4-6-15-11-9(12)3-2-5-14-11/h2-3,5,7-8H,4,6H2,1H3,(H,14,15). The molecule has 0 aliphatic carbocycles. The molecule has 0 amide bonds. The first-order chi connectivity index (χ1) is 7.77. The molecule has 0 aliphatic rings. The van der Waals surface area contributed by atoms with Crippen LogP contribution in [0.3, 0.4) is 0 Å². The first-order valence-electron chi connectivity index (χ1n) is 5.08. The molecule has 0 spiro atoms. The van der Waals surface area contributed by atoms with Crippen LogP contribution in [0.4, 0.5) is 5.82 Å². The topological polar surface area (TPSA) is 42.7 Å². The molecule has 5 heteroatoms. The number of aromatic nitrogens is 3. The first-order valence-corrected chi connectivity index (χ1v) is 5.87. The molecule has 0 radical (unpaired) electrons. The van der Waals surface area contributed by atoms with E-state index in [1.54, 1.807) is 6.20 Å². The van der Waals surface area contributed by atoms with Gasteiger partial charge in [0.05, 0.1) is 4.47 Å². The van der Waals surface area contributed by atoms with Crippen molar-refractivity contribution in [2.75, 3.05) is 11.9 Å². The number of aryl methyl sites for hydroxylation is 1. The van der Waals surface area contributed by atoms with Gasteiger partial charge in [-0.3, -0.25) is 0 Å². The van der Waals surface area contributed by atoms with Crippen LogP contribution in [0.5, 0.6) is 0 Å². The van der Waals surface area contributed by atoms with E-state index in [0.717, 1.165) is 29.1 Å². The average molecular weight is 281 g/mol. The number of nitrogens with zero attached hydrogens (tertiary/aromatic N) is 3. The molecule has 0 atom stereocenters. The fraction of sp³-hybridized carbons (Fsp3) is 0.273. The molecule has 16 heavy (non-hydrogen) atoms. The Kier molecular flexibility index (Phi) is 3.56. The summed E-state index contributed by atoms with van der Waals surface area (Å²) in [4.78, 5) is 8.49. The van der Waals surface area contributed by atoms with E-state index in [0.29, 0.717) is 0 Å². The van der Waals surface area contributed by atoms with Crippen LogP contribution in [0.25, 0.3) is 0 Å². The summed E-state index contributed by atoms with van der Waals surface area (Å²) in [6, 6.07) is 3.87. The Morgan fingerprint density at radius 1 is 1.38 bits per heavy atom. The van der Waals surface area contributed by atoms with Crippen LogP contribution in [0.1, 0.15) is 5.82 Å². The molecule has 0 saturated heterocycles. The van der Waals surface area contributed by atoms with Crippen molar-refractivity contribution in [2.24, 2.45) is 7.05 Å². The van der Waals surface area contributed by atoms with Crippen molar-refractivity contribution in [3.05, 3.63) is 41.0 Å². The Bertz CT molecular complexity index is 467. The molecule has 0 aromatic carbocycles. The van der Waals surface area contributed by atoms with E-state index >= 15 is 0 Å². The molecule has 0 unspecified atom stereocenters. The lowest BCUT2D eigenvalue weighted by molar-refractivity contribution is 0.788. The lowest BCUT2D eigenvalue weighted by atomic mass is 10.4. The van der Waals surface area contributed by atoms with E-state index in [1.807, 2.05) is 36.1 Å². The number of hydrogen-bond acceptors (Lipinski definition) is 3. The molecular weight excluding hydrogens is 268 g/mol. The zero-order valence-electron chi connectivity index (χ0n) is 9.02. The first kappa shape index (κ1) is 11.1. The van der Waals surface area contributed by atoms with Crippen LogP contribution in [0.2, 0.25) is 0 Å². The van der Waals surface area contributed by atoms with E-state index < -0.39 is 0 Å². The Hall–Kier alpha value is -1.36. The molecule has 2 heterocycles. The minimum Gasteiger partial charge on any atom is -0.369 e. The molecule has 2 aromatic heterocycles. The number of pyridine rings is 1. The number of halogens is 1. The second-order valence-corrected chi connectivity index (χ2v) is 4.32. The van der Waals surface area contributed by atoms with Crippen LogP contribution in [0.15, 0.2) is 35.2 Å². The Labute approximate surface area is 103 Å². The molecule has 2 rings (SSSR count). The lowest BCUT2D eigenvalue weighted by Gasteiger charge is -2.06. The van der Waals surface area contributed by atoms with Crippen molar-refractivity contribution in [3.63, 3.8) is 0 Å². The summed E-state index contributed by atoms with van der Waals surface area (Å²) in [5.41, 5.74) is 0. The van der Waals surface area contributed by atoms with E-state index in [9.17, 15) is 0 Å². The molecule has 0 bridgehead atoms. The van der Waals surface area contributed by atoms with Gasteiger partial charge in [-0.15, -0.1) is 0 Å². The fourth-order valence-corrected chi connectivity index (χ4v) is 1.84. The zero-order valence-corrected chi connectivity index (χ0v) is 10.6. The van der Waals surface area contributed by atoms with Crippen LogP contribution < -0.4 is 5.32 Å². The van der Waals surface area contributed by atoms with Gasteiger partial charge in [0.25, 0.3) is 0 Å². The van der Waals surface area contributed by atoms with Crippen molar-refractivity contribution < 1.29 is 0 Å². The number of nitrogens with one attached hydrogen (secondary N) is 1. The lowest BCUT2D eigenvalue weighted by Crippen LogP contribution is -2.09. The van der Waals surface area contributed by atoms with E-state index in [4.69, 9.17) is 0 Å². The van der Waals surface area contributed by atoms with Gasteiger partial charge in [-0.1, -0.05) is 0 Å². The van der Waals surface area contributed by atoms with Gasteiger partial charge in [0.1, 0.15) is 11.6 Å². The van der Waals surface area contributed by atoms with Crippen LogP contribution >= 0.6 is 15.9 Å². The molecule has 0 aliphatic heterocycles. The summed E-state index contributed by atoms with van der Waals surface area (Å²) in [6.45, 7) is 0.820. The Morgan fingerprint density at radius 3 is 2.94 bits per heavy atom. The fourth-order valence-electron chi connectivity index (χ4n) is 1.45. The van der Waals surface area contributed by atoms with E-state index in [1.165, 1.54) is 0 Å². The third kappa shape index (κ3) is 2.61. The van der Waals surface area contributed by atoms with Crippen molar-refractivity contribution >= 4 is 21.7 Å². The van der Waals surface area contributed by atoms with Crippen LogP contribution in [-0.2, 0) is 13.5 Å². The molecule has 1 N–H and O–H groups in total. The van der Waals surface area contributed by atoms with Crippen molar-refractivity contribution in [1.82, 2.24) is 14.5 Å². The smallest absolute Gasteiger partial charge is 0.140 e. The maximum absolute atomic E-state index is 4.26. The molecule has 2 aromatic rings. The number of rotatable bonds is 4. The van der Waals surface area contributed by atoms with E-state index in [-0.39, 0.29) is 0 Å². The largest absolute Gasteiger partial charge is 0.369 e. The normalized spacial score (nSPS) is 10.4. The van der Waals surface area contributed by atoms with Gasteiger partial charge in [-0.25, -0.2) is 9.97 Å². The van der Waals surface area contributed by atoms with Gasteiger partial charge in [0, 0.05) is 38.6 Å². The van der Waals surface area contributed by atoms with E-state index in [2.05, 4.69) is 31.2 Å². The summed E-state index contributed by atoms with van der Waals surface area (Å²) >= 11 is 3.44. The highest BCUT2D eigenvalue weighted by molar-refractivity contribution is 9.10. The highest BCUT2D eigenvalue weighted by Gasteiger charge is 2.01. The third-order valence-electron chi connectivity index (χ3n) is 2.32. The zero-order chi connectivity index (χ0) is 11.4. The maximum Gasteiger partial charge on any atom is 0.140 e. The SMILES string of the molecule is Cn1ccnc1CCNc1ncccc1Br. The molecule has 84 valence electrons. The molecule has 0 saturated carbocycles. The van der Waals surface area contributed by atoms with Crippen molar-refractivity contribution in [3.8, 4) is 0 Å². The van der Waals surface area contributed by atoms with Gasteiger partial charge in [0.2, 0.25) is 0 Å². The summed E-state index contributed by atoms with van der Waals surface area (Å²) in [7, 11) is 2.00. The Morgan fingerprint density at radius 2 is 2.25 bits per heavy atom. The Balaban J connectivity index is 1.89. The molecular formula is C11H13BrN4. The quantitative estimate of drug-likeness (QED) is 0.934. The minimum atomic E-state index is 0.820. The van der Waals surface area contributed by atoms with Crippen LogP contribution in [0, 0.1) is 0 Å². The van der Waals surface area contributed by atoms with Gasteiger partial charge in [-0.2, -0.15) is 0 Å². The second-order valence-electron chi connectivity index (χ2n) is 3.46. The maximum atomic E-state index is 4.26. The van der Waals surface area contributed by atoms with Gasteiger partial charge in [-0.05, 0) is 28.1 Å². The highest BCUT2D eigenvalue weighted by Crippen LogP contribution is 2.17. The summed E-state index contributed by atoms with van der Waals surface area (Å²) < 4.78 is 3.00. The predicted molar refractivity (Wildman–Crippen MR) is 67.3 cm³/mol. The number of hydrogen-bond donors (Lipinski definition) is 1. The van der Waals surface area contributed by atoms with Gasteiger partial charge in [0.15, 0.2) is 0 Å².